The van der Waals surface area contributed by atoms with Gasteiger partial charge in [-0.1, -0.05) is 36.9 Å². The molecule has 1 aliphatic heterocycles. The van der Waals surface area contributed by atoms with Gasteiger partial charge in [0.2, 0.25) is 17.5 Å². The van der Waals surface area contributed by atoms with Crippen LogP contribution in [0.5, 0.6) is 0 Å². The highest BCUT2D eigenvalue weighted by molar-refractivity contribution is 7.90. The van der Waals surface area contributed by atoms with Crippen LogP contribution in [0.4, 0.5) is 8.78 Å². The van der Waals surface area contributed by atoms with Crippen LogP contribution in [0, 0.1) is 40.7 Å². The zero-order valence-electron chi connectivity index (χ0n) is 22.1. The maximum Gasteiger partial charge on any atom is 0.240 e. The van der Waals surface area contributed by atoms with E-state index in [-0.39, 0.29) is 52.8 Å². The number of aromatic nitrogens is 4. The van der Waals surface area contributed by atoms with Crippen LogP contribution in [0.25, 0.3) is 17.3 Å². The average Bonchev–Trinajstić information content (AvgIpc) is 3.45. The van der Waals surface area contributed by atoms with Gasteiger partial charge in [0.25, 0.3) is 0 Å². The molecule has 0 saturated heterocycles. The maximum absolute atomic E-state index is 14.7. The van der Waals surface area contributed by atoms with Gasteiger partial charge in [0, 0.05) is 24.8 Å². The number of aryl methyl sites for hydroxylation is 1. The lowest BCUT2D eigenvalue weighted by atomic mass is 9.59. The highest BCUT2D eigenvalue weighted by Crippen LogP contribution is 2.63. The van der Waals surface area contributed by atoms with E-state index in [0.717, 1.165) is 19.1 Å². The number of allylic oxidation sites excluding steroid dienone is 1. The second-order valence-corrected chi connectivity index (χ2v) is 13.3. The Labute approximate surface area is 230 Å². The van der Waals surface area contributed by atoms with Gasteiger partial charge < -0.3 is 4.52 Å². The molecule has 0 N–H and O–H groups in total. The first-order valence-corrected chi connectivity index (χ1v) is 15.0. The van der Waals surface area contributed by atoms with Crippen molar-refractivity contribution >= 4 is 15.5 Å². The number of azo groups is 1. The van der Waals surface area contributed by atoms with Crippen molar-refractivity contribution < 1.29 is 21.7 Å². The third-order valence-corrected chi connectivity index (χ3v) is 9.46. The lowest BCUT2D eigenvalue weighted by Gasteiger charge is -2.45. The van der Waals surface area contributed by atoms with Crippen LogP contribution < -0.4 is 0 Å². The number of benzene rings is 1. The van der Waals surface area contributed by atoms with Crippen molar-refractivity contribution in [1.82, 2.24) is 20.1 Å². The molecule has 3 aromatic rings. The van der Waals surface area contributed by atoms with Gasteiger partial charge in [-0.2, -0.15) is 15.2 Å². The number of sulfone groups is 1. The minimum Gasteiger partial charge on any atom is -0.339 e. The molecule has 206 valence electrons. The van der Waals surface area contributed by atoms with Crippen LogP contribution >= 0.6 is 0 Å². The molecule has 9 nitrogen and oxygen atoms in total. The molecule has 2 aromatic heterocycles. The predicted octanol–water partition coefficient (Wildman–Crippen LogP) is 4.57. The summed E-state index contributed by atoms with van der Waals surface area (Å²) in [6.45, 7) is 4.30. The zero-order chi connectivity index (χ0) is 28.3. The van der Waals surface area contributed by atoms with Crippen molar-refractivity contribution in [2.75, 3.05) is 12.0 Å². The van der Waals surface area contributed by atoms with Crippen LogP contribution in [0.1, 0.15) is 43.8 Å². The number of rotatable bonds is 6. The number of halogens is 2. The summed E-state index contributed by atoms with van der Waals surface area (Å²) in [6.07, 6.45) is 6.11. The third kappa shape index (κ3) is 4.23. The van der Waals surface area contributed by atoms with Crippen molar-refractivity contribution in [2.45, 2.75) is 44.6 Å². The predicted molar refractivity (Wildman–Crippen MR) is 141 cm³/mol. The second kappa shape index (κ2) is 9.37. The Morgan fingerprint density at radius 2 is 1.88 bits per heavy atom. The molecule has 1 fully saturated rings. The van der Waals surface area contributed by atoms with E-state index in [1.165, 1.54) is 18.2 Å². The summed E-state index contributed by atoms with van der Waals surface area (Å²) in [5, 5.41) is 12.9. The van der Waals surface area contributed by atoms with Gasteiger partial charge in [-0.15, -0.1) is 0 Å². The normalized spacial score (nSPS) is 28.5. The number of fused-ring (bicyclic) bond motifs is 6. The standard InChI is InChI=1S/C28H26F2N6O3S/c1-27(2)17-9-12-28(27,21-10-13-31-25(32-21)26-33-23(39-36-26)11-14-40(3,37)38)22-8-7-16(17)15-20(34-35-22)24-18(29)5-4-6-19(24)30/h4-6,10,13,15-17,22H,9,11-12,14H2,1-3H3/b20-15-,35-34-/t16?,17-,22?,28-/m0/s1. The van der Waals surface area contributed by atoms with Gasteiger partial charge in [-0.25, -0.2) is 27.2 Å². The SMILES string of the molecule is CC1(C)[C@H]2CC[C@]1(c1ccnc(-c3noc(CCS(C)(=O)=O)n3)n1)C1C#CC2/C=C(c2c(F)cccc2F)\N=N/1. The van der Waals surface area contributed by atoms with Crippen LogP contribution in [-0.4, -0.2) is 46.6 Å². The van der Waals surface area contributed by atoms with Crippen LogP contribution in [0.15, 0.2) is 51.3 Å². The summed E-state index contributed by atoms with van der Waals surface area (Å²) in [5.41, 5.74) is -0.472. The number of hydrogen-bond donors (Lipinski definition) is 0. The molecule has 3 aliphatic rings. The highest BCUT2D eigenvalue weighted by Gasteiger charge is 2.62. The fourth-order valence-corrected chi connectivity index (χ4v) is 6.98. The second-order valence-electron chi connectivity index (χ2n) is 11.1. The Hall–Kier alpha value is -3.85. The van der Waals surface area contributed by atoms with Gasteiger partial charge >= 0.3 is 0 Å². The fraction of sp³-hybridized carbons (Fsp3) is 0.429. The van der Waals surface area contributed by atoms with Crippen molar-refractivity contribution in [2.24, 2.45) is 27.5 Å². The molecule has 0 spiro atoms. The molecule has 4 atom stereocenters. The van der Waals surface area contributed by atoms with Crippen molar-refractivity contribution in [1.29, 1.82) is 0 Å². The van der Waals surface area contributed by atoms with Gasteiger partial charge in [0.1, 0.15) is 27.5 Å². The van der Waals surface area contributed by atoms with E-state index >= 15 is 0 Å². The molecule has 40 heavy (non-hydrogen) atoms. The van der Waals surface area contributed by atoms with E-state index in [1.807, 2.05) is 6.07 Å². The number of nitrogens with zero attached hydrogens (tertiary/aromatic N) is 6. The Morgan fingerprint density at radius 1 is 1.10 bits per heavy atom. The smallest absolute Gasteiger partial charge is 0.240 e. The van der Waals surface area contributed by atoms with E-state index in [1.54, 1.807) is 12.3 Å². The Morgan fingerprint density at radius 3 is 2.62 bits per heavy atom. The summed E-state index contributed by atoms with van der Waals surface area (Å²) < 4.78 is 57.7. The lowest BCUT2D eigenvalue weighted by molar-refractivity contribution is 0.122. The topological polar surface area (TPSA) is 124 Å². The quantitative estimate of drug-likeness (QED) is 0.402. The summed E-state index contributed by atoms with van der Waals surface area (Å²) in [7, 11) is -3.20. The largest absolute Gasteiger partial charge is 0.339 e. The highest BCUT2D eigenvalue weighted by atomic mass is 32.2. The maximum atomic E-state index is 14.7. The van der Waals surface area contributed by atoms with E-state index < -0.39 is 38.3 Å². The molecule has 2 aliphatic carbocycles. The molecule has 2 unspecified atom stereocenters. The summed E-state index contributed by atoms with van der Waals surface area (Å²) in [5.74, 6) is 5.40. The molecule has 3 heterocycles. The minimum atomic E-state index is -3.20. The van der Waals surface area contributed by atoms with Gasteiger partial charge in [0.15, 0.2) is 0 Å². The third-order valence-electron chi connectivity index (χ3n) is 8.52. The van der Waals surface area contributed by atoms with Crippen LogP contribution in [0.3, 0.4) is 0 Å². The average molecular weight is 565 g/mol. The Kier molecular flexibility index (Phi) is 6.18. The molecule has 1 aromatic carbocycles. The van der Waals surface area contributed by atoms with Gasteiger partial charge in [-0.05, 0) is 48.4 Å². The van der Waals surface area contributed by atoms with Crippen molar-refractivity contribution in [3.05, 3.63) is 65.3 Å². The molecule has 12 heteroatoms. The van der Waals surface area contributed by atoms with E-state index in [0.29, 0.717) is 5.69 Å². The summed E-state index contributed by atoms with van der Waals surface area (Å²) in [4.78, 5) is 13.5. The molecule has 1 saturated carbocycles. The summed E-state index contributed by atoms with van der Waals surface area (Å²) in [6, 6.07) is 4.92. The zero-order valence-corrected chi connectivity index (χ0v) is 22.9. The first kappa shape index (κ1) is 26.4. The van der Waals surface area contributed by atoms with Gasteiger partial charge in [-0.3, -0.25) is 0 Å². The number of hydrogen-bond acceptors (Lipinski definition) is 9. The monoisotopic (exact) mass is 564 g/mol. The van der Waals surface area contributed by atoms with Crippen molar-refractivity contribution in [3.63, 3.8) is 0 Å². The molecule has 0 radical (unpaired) electrons. The van der Waals surface area contributed by atoms with Crippen LogP contribution in [0.2, 0.25) is 0 Å². The molecular weight excluding hydrogens is 538 g/mol. The van der Waals surface area contributed by atoms with E-state index in [4.69, 9.17) is 9.51 Å². The fourth-order valence-electron chi connectivity index (χ4n) is 6.43. The first-order chi connectivity index (χ1) is 19.0. The molecular formula is C28H26F2N6O3S. The minimum absolute atomic E-state index is 0.0459. The van der Waals surface area contributed by atoms with Crippen molar-refractivity contribution in [3.8, 4) is 23.5 Å². The molecule has 0 amide bonds. The lowest BCUT2D eigenvalue weighted by Crippen LogP contribution is -2.48. The Bertz CT molecular complexity index is 1720. The first-order valence-electron chi connectivity index (χ1n) is 12.9. The molecule has 6 rings (SSSR count). The van der Waals surface area contributed by atoms with E-state index in [9.17, 15) is 17.2 Å². The van der Waals surface area contributed by atoms with E-state index in [2.05, 4.69) is 51.0 Å². The molecule has 4 bridgehead atoms. The Balaban J connectivity index is 1.42. The van der Waals surface area contributed by atoms with Gasteiger partial charge in [0.05, 0.1) is 28.1 Å². The summed E-state index contributed by atoms with van der Waals surface area (Å²) >= 11 is 0. The van der Waals surface area contributed by atoms with Crippen LogP contribution in [-0.2, 0) is 21.7 Å².